The van der Waals surface area contributed by atoms with E-state index in [9.17, 15) is 9.59 Å². The molecular formula is C20H25N3O3. The van der Waals surface area contributed by atoms with Crippen LogP contribution in [0.25, 0.3) is 11.4 Å². The number of ether oxygens (including phenoxy) is 1. The number of aromatic nitrogens is 2. The smallest absolute Gasteiger partial charge is 0.264 e. The van der Waals surface area contributed by atoms with Crippen LogP contribution in [0, 0.1) is 12.8 Å². The lowest BCUT2D eigenvalue weighted by Crippen LogP contribution is -2.39. The fourth-order valence-corrected chi connectivity index (χ4v) is 3.17. The summed E-state index contributed by atoms with van der Waals surface area (Å²) in [5, 5.41) is 0. The molecule has 6 heteroatoms. The Morgan fingerprint density at radius 1 is 1.27 bits per heavy atom. The van der Waals surface area contributed by atoms with Crippen LogP contribution in [-0.4, -0.2) is 47.1 Å². The molecule has 0 spiro atoms. The maximum Gasteiger partial charge on any atom is 0.264 e. The summed E-state index contributed by atoms with van der Waals surface area (Å²) >= 11 is 0. The SMILES string of the molecule is CCN(CC1CCOCC1)C(=O)c1cnc(-c2ccc(C)cc2)[nH]c1=O. The van der Waals surface area contributed by atoms with E-state index < -0.39 is 5.56 Å². The number of amides is 1. The zero-order chi connectivity index (χ0) is 18.5. The second-order valence-electron chi connectivity index (χ2n) is 6.74. The van der Waals surface area contributed by atoms with Crippen molar-refractivity contribution in [1.82, 2.24) is 14.9 Å². The van der Waals surface area contributed by atoms with Crippen molar-refractivity contribution in [1.29, 1.82) is 0 Å². The first kappa shape index (κ1) is 18.3. The van der Waals surface area contributed by atoms with Crippen molar-refractivity contribution in [3.63, 3.8) is 0 Å². The van der Waals surface area contributed by atoms with E-state index in [-0.39, 0.29) is 11.5 Å². The van der Waals surface area contributed by atoms with Gasteiger partial charge in [-0.15, -0.1) is 0 Å². The first-order chi connectivity index (χ1) is 12.6. The minimum atomic E-state index is -0.397. The molecule has 0 unspecified atom stereocenters. The summed E-state index contributed by atoms with van der Waals surface area (Å²) in [7, 11) is 0. The average molecular weight is 355 g/mol. The van der Waals surface area contributed by atoms with Gasteiger partial charge in [-0.05, 0) is 32.6 Å². The van der Waals surface area contributed by atoms with Gasteiger partial charge in [0.25, 0.3) is 11.5 Å². The predicted molar refractivity (Wildman–Crippen MR) is 100 cm³/mol. The van der Waals surface area contributed by atoms with Gasteiger partial charge in [0.15, 0.2) is 0 Å². The molecule has 26 heavy (non-hydrogen) atoms. The normalized spacial score (nSPS) is 15.0. The van der Waals surface area contributed by atoms with Crippen molar-refractivity contribution in [2.24, 2.45) is 5.92 Å². The zero-order valence-corrected chi connectivity index (χ0v) is 15.3. The van der Waals surface area contributed by atoms with Crippen molar-refractivity contribution in [2.75, 3.05) is 26.3 Å². The maximum atomic E-state index is 12.8. The topological polar surface area (TPSA) is 75.3 Å². The Bertz CT molecular complexity index is 808. The Hall–Kier alpha value is -2.47. The number of hydrogen-bond donors (Lipinski definition) is 1. The number of benzene rings is 1. The number of aromatic amines is 1. The van der Waals surface area contributed by atoms with Crippen LogP contribution in [0.3, 0.4) is 0 Å². The molecule has 1 aromatic heterocycles. The van der Waals surface area contributed by atoms with E-state index in [0.717, 1.165) is 37.2 Å². The van der Waals surface area contributed by atoms with Crippen LogP contribution < -0.4 is 5.56 Å². The van der Waals surface area contributed by atoms with Gasteiger partial charge < -0.3 is 14.6 Å². The van der Waals surface area contributed by atoms with E-state index in [2.05, 4.69) is 9.97 Å². The van der Waals surface area contributed by atoms with E-state index in [1.165, 1.54) is 6.20 Å². The van der Waals surface area contributed by atoms with Crippen LogP contribution >= 0.6 is 0 Å². The van der Waals surface area contributed by atoms with Crippen molar-refractivity contribution in [3.05, 3.63) is 51.9 Å². The molecule has 0 bridgehead atoms. The average Bonchev–Trinajstić information content (AvgIpc) is 2.67. The van der Waals surface area contributed by atoms with E-state index in [0.29, 0.717) is 24.8 Å². The molecular weight excluding hydrogens is 330 g/mol. The van der Waals surface area contributed by atoms with E-state index in [1.807, 2.05) is 38.1 Å². The lowest BCUT2D eigenvalue weighted by atomic mass is 9.99. The van der Waals surface area contributed by atoms with Gasteiger partial charge in [0.2, 0.25) is 0 Å². The number of nitrogens with one attached hydrogen (secondary N) is 1. The Kier molecular flexibility index (Phi) is 5.83. The Balaban J connectivity index is 1.77. The third kappa shape index (κ3) is 4.19. The molecule has 0 aliphatic carbocycles. The second-order valence-corrected chi connectivity index (χ2v) is 6.74. The van der Waals surface area contributed by atoms with Gasteiger partial charge in [0, 0.05) is 38.1 Å². The van der Waals surface area contributed by atoms with E-state index in [1.54, 1.807) is 4.90 Å². The largest absolute Gasteiger partial charge is 0.381 e. The highest BCUT2D eigenvalue weighted by Gasteiger charge is 2.23. The molecule has 1 saturated heterocycles. The number of carbonyl (C=O) groups excluding carboxylic acids is 1. The van der Waals surface area contributed by atoms with Gasteiger partial charge in [0.05, 0.1) is 0 Å². The number of rotatable bonds is 5. The summed E-state index contributed by atoms with van der Waals surface area (Å²) in [5.74, 6) is 0.633. The molecule has 6 nitrogen and oxygen atoms in total. The molecule has 138 valence electrons. The molecule has 1 N–H and O–H groups in total. The molecule has 1 amide bonds. The summed E-state index contributed by atoms with van der Waals surface area (Å²) in [5.41, 5.74) is 1.65. The van der Waals surface area contributed by atoms with Gasteiger partial charge >= 0.3 is 0 Å². The highest BCUT2D eigenvalue weighted by atomic mass is 16.5. The Labute approximate surface area is 153 Å². The number of hydrogen-bond acceptors (Lipinski definition) is 4. The van der Waals surface area contributed by atoms with Crippen LogP contribution in [0.2, 0.25) is 0 Å². The van der Waals surface area contributed by atoms with Crippen molar-refractivity contribution in [3.8, 4) is 11.4 Å². The summed E-state index contributed by atoms with van der Waals surface area (Å²) in [6, 6.07) is 7.72. The van der Waals surface area contributed by atoms with Crippen LogP contribution in [0.5, 0.6) is 0 Å². The minimum Gasteiger partial charge on any atom is -0.381 e. The predicted octanol–water partition coefficient (Wildman–Crippen LogP) is 2.63. The molecule has 1 aromatic carbocycles. The monoisotopic (exact) mass is 355 g/mol. The van der Waals surface area contributed by atoms with Crippen molar-refractivity contribution in [2.45, 2.75) is 26.7 Å². The molecule has 0 saturated carbocycles. The summed E-state index contributed by atoms with van der Waals surface area (Å²) in [6.07, 6.45) is 3.29. The van der Waals surface area contributed by atoms with Crippen LogP contribution in [0.15, 0.2) is 35.3 Å². The fraction of sp³-hybridized carbons (Fsp3) is 0.450. The third-order valence-corrected chi connectivity index (χ3v) is 4.84. The lowest BCUT2D eigenvalue weighted by Gasteiger charge is -2.28. The number of H-pyrrole nitrogens is 1. The van der Waals surface area contributed by atoms with Gasteiger partial charge in [-0.2, -0.15) is 0 Å². The second kappa shape index (κ2) is 8.27. The van der Waals surface area contributed by atoms with E-state index in [4.69, 9.17) is 4.74 Å². The van der Waals surface area contributed by atoms with Crippen molar-refractivity contribution < 1.29 is 9.53 Å². The fourth-order valence-electron chi connectivity index (χ4n) is 3.17. The van der Waals surface area contributed by atoms with E-state index >= 15 is 0 Å². The lowest BCUT2D eigenvalue weighted by molar-refractivity contribution is 0.0466. The molecule has 1 aliphatic heterocycles. The maximum absolute atomic E-state index is 12.8. The van der Waals surface area contributed by atoms with Crippen molar-refractivity contribution >= 4 is 5.91 Å². The van der Waals surface area contributed by atoms with Gasteiger partial charge in [-0.3, -0.25) is 9.59 Å². The first-order valence-electron chi connectivity index (χ1n) is 9.12. The standard InChI is InChI=1S/C20H25N3O3/c1-3-23(13-15-8-10-26-11-9-15)20(25)17-12-21-18(22-19(17)24)16-6-4-14(2)5-7-16/h4-7,12,15H,3,8-11,13H2,1-2H3,(H,21,22,24). The third-order valence-electron chi connectivity index (χ3n) is 4.84. The Morgan fingerprint density at radius 3 is 2.58 bits per heavy atom. The van der Waals surface area contributed by atoms with Crippen LogP contribution in [-0.2, 0) is 4.74 Å². The summed E-state index contributed by atoms with van der Waals surface area (Å²) in [4.78, 5) is 34.0. The number of aryl methyl sites for hydroxylation is 1. The summed E-state index contributed by atoms with van der Waals surface area (Å²) < 4.78 is 5.37. The highest BCUT2D eigenvalue weighted by molar-refractivity contribution is 5.93. The number of nitrogens with zero attached hydrogens (tertiary/aromatic N) is 2. The molecule has 3 rings (SSSR count). The summed E-state index contributed by atoms with van der Waals surface area (Å²) in [6.45, 7) is 6.62. The zero-order valence-electron chi connectivity index (χ0n) is 15.3. The quantitative estimate of drug-likeness (QED) is 0.895. The van der Waals surface area contributed by atoms with Gasteiger partial charge in [0.1, 0.15) is 11.4 Å². The minimum absolute atomic E-state index is 0.0924. The molecule has 2 heterocycles. The molecule has 0 atom stereocenters. The number of carbonyl (C=O) groups is 1. The molecule has 2 aromatic rings. The molecule has 1 aliphatic rings. The molecule has 1 fully saturated rings. The van der Waals surface area contributed by atoms with Crippen LogP contribution in [0.4, 0.5) is 0 Å². The first-order valence-corrected chi connectivity index (χ1v) is 9.12. The highest BCUT2D eigenvalue weighted by Crippen LogP contribution is 2.17. The molecule has 0 radical (unpaired) electrons. The van der Waals surface area contributed by atoms with Crippen LogP contribution in [0.1, 0.15) is 35.7 Å². The Morgan fingerprint density at radius 2 is 1.96 bits per heavy atom. The van der Waals surface area contributed by atoms with Gasteiger partial charge in [-0.25, -0.2) is 4.98 Å². The van der Waals surface area contributed by atoms with Gasteiger partial charge in [-0.1, -0.05) is 29.8 Å².